The highest BCUT2D eigenvalue weighted by Crippen LogP contribution is 2.28. The van der Waals surface area contributed by atoms with E-state index in [1.807, 2.05) is 31.2 Å². The number of nitrogens with one attached hydrogen (secondary N) is 1. The van der Waals surface area contributed by atoms with Gasteiger partial charge in [-0.15, -0.1) is 0 Å². The summed E-state index contributed by atoms with van der Waals surface area (Å²) >= 11 is 3.40. The Balaban J connectivity index is 2.12. The highest BCUT2D eigenvalue weighted by atomic mass is 79.9. The van der Waals surface area contributed by atoms with Crippen LogP contribution in [-0.4, -0.2) is 17.0 Å². The summed E-state index contributed by atoms with van der Waals surface area (Å²) < 4.78 is 0.972. The molecule has 5 heteroatoms. The average molecular weight is 338 g/mol. The van der Waals surface area contributed by atoms with Crippen molar-refractivity contribution in [3.8, 4) is 0 Å². The molecule has 2 atom stereocenters. The molecule has 0 saturated carbocycles. The monoisotopic (exact) mass is 337 g/mol. The molecular formula is C15H16BrNO3. The van der Waals surface area contributed by atoms with Crippen molar-refractivity contribution in [3.63, 3.8) is 0 Å². The molecule has 1 amide bonds. The third kappa shape index (κ3) is 3.28. The minimum Gasteiger partial charge on any atom is -0.481 e. The van der Waals surface area contributed by atoms with E-state index in [1.165, 1.54) is 0 Å². The fourth-order valence-electron chi connectivity index (χ4n) is 2.33. The predicted octanol–water partition coefficient (Wildman–Crippen LogP) is 3.36. The van der Waals surface area contributed by atoms with Crippen molar-refractivity contribution in [1.29, 1.82) is 0 Å². The zero-order valence-electron chi connectivity index (χ0n) is 11.1. The molecule has 0 saturated heterocycles. The summed E-state index contributed by atoms with van der Waals surface area (Å²) in [6, 6.07) is 5.51. The highest BCUT2D eigenvalue weighted by molar-refractivity contribution is 9.10. The number of anilines is 1. The molecule has 0 fully saturated rings. The van der Waals surface area contributed by atoms with E-state index in [1.54, 1.807) is 6.07 Å². The fraction of sp³-hybridized carbons (Fsp3) is 0.333. The van der Waals surface area contributed by atoms with Crippen LogP contribution in [-0.2, 0) is 9.59 Å². The number of hydrogen-bond acceptors (Lipinski definition) is 2. The number of allylic oxidation sites excluding steroid dienone is 2. The van der Waals surface area contributed by atoms with Gasteiger partial charge in [-0.25, -0.2) is 0 Å². The van der Waals surface area contributed by atoms with Crippen LogP contribution in [0.5, 0.6) is 0 Å². The normalized spacial score (nSPS) is 21.5. The lowest BCUT2D eigenvalue weighted by molar-refractivity contribution is -0.146. The van der Waals surface area contributed by atoms with Crippen LogP contribution < -0.4 is 5.32 Å². The molecule has 0 bridgehead atoms. The Hall–Kier alpha value is -1.62. The molecule has 0 aliphatic heterocycles. The standard InChI is InChI=1S/C15H16BrNO3/c1-9-8-10(6-7-13(9)16)17-14(18)11-4-2-3-5-12(11)15(19)20/h2-3,6-8,11-12H,4-5H2,1H3,(H,17,18)(H,19,20)/t11-,12+/m1/s1. The molecule has 2 N–H and O–H groups in total. The second-order valence-corrected chi connectivity index (χ2v) is 5.80. The number of carboxylic acid groups (broad SMARTS) is 1. The van der Waals surface area contributed by atoms with Gasteiger partial charge in [-0.2, -0.15) is 0 Å². The Labute approximate surface area is 126 Å². The summed E-state index contributed by atoms with van der Waals surface area (Å²) in [4.78, 5) is 23.5. The maximum Gasteiger partial charge on any atom is 0.307 e. The van der Waals surface area contributed by atoms with Crippen LogP contribution in [0.4, 0.5) is 5.69 Å². The summed E-state index contributed by atoms with van der Waals surface area (Å²) in [5, 5.41) is 12.0. The second kappa shape index (κ2) is 6.22. The molecule has 1 aliphatic rings. The van der Waals surface area contributed by atoms with Gasteiger partial charge in [0.15, 0.2) is 0 Å². The first kappa shape index (κ1) is 14.8. The Bertz CT molecular complexity index is 568. The Kier molecular flexibility index (Phi) is 4.60. The lowest BCUT2D eigenvalue weighted by Crippen LogP contribution is -2.34. The van der Waals surface area contributed by atoms with Gasteiger partial charge in [-0.05, 0) is 43.5 Å². The quantitative estimate of drug-likeness (QED) is 0.831. The summed E-state index contributed by atoms with van der Waals surface area (Å²) in [6.07, 6.45) is 4.58. The van der Waals surface area contributed by atoms with Gasteiger partial charge in [-0.3, -0.25) is 9.59 Å². The number of carbonyl (C=O) groups is 2. The molecule has 1 aromatic carbocycles. The predicted molar refractivity (Wildman–Crippen MR) is 80.5 cm³/mol. The maximum absolute atomic E-state index is 12.3. The van der Waals surface area contributed by atoms with Crippen LogP contribution in [0.15, 0.2) is 34.8 Å². The lowest BCUT2D eigenvalue weighted by Gasteiger charge is -2.24. The van der Waals surface area contributed by atoms with Gasteiger partial charge in [0, 0.05) is 10.2 Å². The van der Waals surface area contributed by atoms with E-state index in [-0.39, 0.29) is 5.91 Å². The second-order valence-electron chi connectivity index (χ2n) is 4.95. The number of carboxylic acids is 1. The van der Waals surface area contributed by atoms with Gasteiger partial charge in [0.05, 0.1) is 11.8 Å². The molecule has 0 spiro atoms. The van der Waals surface area contributed by atoms with E-state index in [4.69, 9.17) is 0 Å². The van der Waals surface area contributed by atoms with Crippen molar-refractivity contribution in [3.05, 3.63) is 40.4 Å². The van der Waals surface area contributed by atoms with E-state index in [0.29, 0.717) is 18.5 Å². The zero-order valence-corrected chi connectivity index (χ0v) is 12.7. The van der Waals surface area contributed by atoms with E-state index in [9.17, 15) is 14.7 Å². The molecule has 2 rings (SSSR count). The molecule has 4 nitrogen and oxygen atoms in total. The number of halogens is 1. The summed E-state index contributed by atoms with van der Waals surface area (Å²) in [7, 11) is 0. The number of rotatable bonds is 3. The van der Waals surface area contributed by atoms with Gasteiger partial charge >= 0.3 is 5.97 Å². The average Bonchev–Trinajstić information content (AvgIpc) is 2.43. The van der Waals surface area contributed by atoms with Crippen LogP contribution in [0.3, 0.4) is 0 Å². The molecule has 0 radical (unpaired) electrons. The Morgan fingerprint density at radius 1 is 1.25 bits per heavy atom. The third-order valence-corrected chi connectivity index (χ3v) is 4.40. The maximum atomic E-state index is 12.3. The van der Waals surface area contributed by atoms with E-state index in [0.717, 1.165) is 10.0 Å². The minimum atomic E-state index is -0.915. The molecule has 20 heavy (non-hydrogen) atoms. The summed E-state index contributed by atoms with van der Waals surface area (Å²) in [6.45, 7) is 1.93. The number of benzene rings is 1. The van der Waals surface area contributed by atoms with Crippen LogP contribution in [0.1, 0.15) is 18.4 Å². The lowest BCUT2D eigenvalue weighted by atomic mass is 9.82. The summed E-state index contributed by atoms with van der Waals surface area (Å²) in [5.74, 6) is -2.30. The van der Waals surface area contributed by atoms with Crippen molar-refractivity contribution in [2.75, 3.05) is 5.32 Å². The number of aryl methyl sites for hydroxylation is 1. The van der Waals surface area contributed by atoms with Gasteiger partial charge in [0.25, 0.3) is 0 Å². The number of amides is 1. The molecule has 106 valence electrons. The van der Waals surface area contributed by atoms with Gasteiger partial charge in [0.1, 0.15) is 0 Å². The number of carbonyl (C=O) groups excluding carboxylic acids is 1. The van der Waals surface area contributed by atoms with Crippen LogP contribution >= 0.6 is 15.9 Å². The summed E-state index contributed by atoms with van der Waals surface area (Å²) in [5.41, 5.74) is 1.70. The van der Waals surface area contributed by atoms with Gasteiger partial charge < -0.3 is 10.4 Å². The SMILES string of the molecule is Cc1cc(NC(=O)[C@@H]2CC=CC[C@@H]2C(=O)O)ccc1Br. The number of aliphatic carboxylic acids is 1. The smallest absolute Gasteiger partial charge is 0.307 e. The largest absolute Gasteiger partial charge is 0.481 e. The topological polar surface area (TPSA) is 66.4 Å². The van der Waals surface area contributed by atoms with E-state index >= 15 is 0 Å². The van der Waals surface area contributed by atoms with Crippen molar-refractivity contribution in [2.24, 2.45) is 11.8 Å². The first-order chi connectivity index (χ1) is 9.49. The zero-order chi connectivity index (χ0) is 14.7. The highest BCUT2D eigenvalue weighted by Gasteiger charge is 2.33. The molecular weight excluding hydrogens is 322 g/mol. The first-order valence-electron chi connectivity index (χ1n) is 6.44. The molecule has 0 unspecified atom stereocenters. The van der Waals surface area contributed by atoms with Crippen molar-refractivity contribution in [2.45, 2.75) is 19.8 Å². The van der Waals surface area contributed by atoms with Crippen molar-refractivity contribution >= 4 is 33.5 Å². The molecule has 0 aromatic heterocycles. The van der Waals surface area contributed by atoms with Crippen LogP contribution in [0.2, 0.25) is 0 Å². The van der Waals surface area contributed by atoms with E-state index in [2.05, 4.69) is 21.2 Å². The van der Waals surface area contributed by atoms with Crippen molar-refractivity contribution < 1.29 is 14.7 Å². The van der Waals surface area contributed by atoms with Gasteiger partial charge in [-0.1, -0.05) is 28.1 Å². The minimum absolute atomic E-state index is 0.233. The van der Waals surface area contributed by atoms with Crippen LogP contribution in [0.25, 0.3) is 0 Å². The van der Waals surface area contributed by atoms with E-state index < -0.39 is 17.8 Å². The fourth-order valence-corrected chi connectivity index (χ4v) is 2.58. The third-order valence-electron chi connectivity index (χ3n) is 3.51. The molecule has 0 heterocycles. The number of hydrogen-bond donors (Lipinski definition) is 2. The molecule has 1 aromatic rings. The van der Waals surface area contributed by atoms with Crippen LogP contribution in [0, 0.1) is 18.8 Å². The first-order valence-corrected chi connectivity index (χ1v) is 7.23. The van der Waals surface area contributed by atoms with Gasteiger partial charge in [0.2, 0.25) is 5.91 Å². The van der Waals surface area contributed by atoms with Crippen molar-refractivity contribution in [1.82, 2.24) is 0 Å². The Morgan fingerprint density at radius 3 is 2.50 bits per heavy atom. The molecule has 1 aliphatic carbocycles. The Morgan fingerprint density at radius 2 is 1.90 bits per heavy atom.